The molecule has 0 saturated carbocycles. The summed E-state index contributed by atoms with van der Waals surface area (Å²) in [5, 5.41) is 15.8. The van der Waals surface area contributed by atoms with Crippen LogP contribution in [0, 0.1) is 10.1 Å². The van der Waals surface area contributed by atoms with Crippen LogP contribution in [0.2, 0.25) is 0 Å². The van der Waals surface area contributed by atoms with Gasteiger partial charge in [-0.3, -0.25) is 19.7 Å². The molecule has 182 valence electrons. The molecule has 2 heterocycles. The largest absolute Gasteiger partial charge is 0.339 e. The summed E-state index contributed by atoms with van der Waals surface area (Å²) in [6, 6.07) is 15.7. The number of amides is 2. The van der Waals surface area contributed by atoms with Gasteiger partial charge in [0, 0.05) is 55.6 Å². The first kappa shape index (κ1) is 24.1. The van der Waals surface area contributed by atoms with Gasteiger partial charge in [0.2, 0.25) is 11.8 Å². The van der Waals surface area contributed by atoms with Crippen molar-refractivity contribution < 1.29 is 14.5 Å². The fourth-order valence-electron chi connectivity index (χ4n) is 4.09. The lowest BCUT2D eigenvalue weighted by molar-refractivity contribution is -0.384. The van der Waals surface area contributed by atoms with Crippen molar-refractivity contribution in [3.8, 4) is 16.9 Å². The van der Waals surface area contributed by atoms with Crippen LogP contribution in [0.1, 0.15) is 5.56 Å². The molecule has 3 aromatic rings. The monoisotopic (exact) mass is 476 g/mol. The Kier molecular flexibility index (Phi) is 7.21. The Bertz CT molecular complexity index is 1200. The van der Waals surface area contributed by atoms with E-state index in [2.05, 4.69) is 0 Å². The minimum atomic E-state index is -0.445. The van der Waals surface area contributed by atoms with Crippen LogP contribution < -0.4 is 0 Å². The zero-order valence-electron chi connectivity index (χ0n) is 19.8. The number of piperazine rings is 1. The molecule has 0 N–H and O–H groups in total. The lowest BCUT2D eigenvalue weighted by Crippen LogP contribution is -2.52. The average molecular weight is 477 g/mol. The van der Waals surface area contributed by atoms with E-state index < -0.39 is 4.92 Å². The second kappa shape index (κ2) is 10.5. The van der Waals surface area contributed by atoms with Crippen LogP contribution in [0.3, 0.4) is 0 Å². The molecule has 1 saturated heterocycles. The number of rotatable bonds is 7. The second-order valence-electron chi connectivity index (χ2n) is 8.76. The van der Waals surface area contributed by atoms with Gasteiger partial charge in [-0.1, -0.05) is 18.2 Å². The lowest BCUT2D eigenvalue weighted by atomic mass is 10.0. The molecular formula is C25H28N6O4. The smallest absolute Gasteiger partial charge is 0.269 e. The third-order valence-corrected chi connectivity index (χ3v) is 5.94. The van der Waals surface area contributed by atoms with Gasteiger partial charge in [-0.05, 0) is 38.4 Å². The van der Waals surface area contributed by atoms with Crippen LogP contribution in [-0.4, -0.2) is 88.0 Å². The van der Waals surface area contributed by atoms with Crippen LogP contribution in [0.15, 0.2) is 60.8 Å². The summed E-state index contributed by atoms with van der Waals surface area (Å²) in [6.07, 6.45) is 1.98. The minimum absolute atomic E-state index is 0.00412. The fourth-order valence-corrected chi connectivity index (χ4v) is 4.09. The first-order valence-electron chi connectivity index (χ1n) is 11.4. The summed E-state index contributed by atoms with van der Waals surface area (Å²) in [5.41, 5.74) is 2.89. The van der Waals surface area contributed by atoms with E-state index in [1.807, 2.05) is 55.5 Å². The molecule has 0 unspecified atom stereocenters. The van der Waals surface area contributed by atoms with Crippen molar-refractivity contribution in [2.75, 3.05) is 46.8 Å². The van der Waals surface area contributed by atoms with Crippen LogP contribution in [0.25, 0.3) is 16.9 Å². The zero-order valence-corrected chi connectivity index (χ0v) is 19.8. The van der Waals surface area contributed by atoms with E-state index in [4.69, 9.17) is 5.10 Å². The highest BCUT2D eigenvalue weighted by molar-refractivity contribution is 5.82. The van der Waals surface area contributed by atoms with Gasteiger partial charge in [-0.2, -0.15) is 5.10 Å². The first-order chi connectivity index (χ1) is 16.8. The third-order valence-electron chi connectivity index (χ3n) is 5.94. The standard InChI is InChI=1S/C25H28N6O4/c1-27(2)18-24(33)29-14-12-28(13-15-29)23(32)16-20-17-30(21-6-4-3-5-7-21)26-25(20)19-8-10-22(11-9-19)31(34)35/h3-11,17H,12-16,18H2,1-2H3. The third kappa shape index (κ3) is 5.72. The average Bonchev–Trinajstić information content (AvgIpc) is 3.28. The van der Waals surface area contributed by atoms with Gasteiger partial charge < -0.3 is 14.7 Å². The van der Waals surface area contributed by atoms with Crippen molar-refractivity contribution in [2.45, 2.75) is 6.42 Å². The van der Waals surface area contributed by atoms with E-state index in [0.29, 0.717) is 44.0 Å². The summed E-state index contributed by atoms with van der Waals surface area (Å²) < 4.78 is 1.72. The van der Waals surface area contributed by atoms with Crippen molar-refractivity contribution in [1.82, 2.24) is 24.5 Å². The molecule has 0 bridgehead atoms. The quantitative estimate of drug-likeness (QED) is 0.383. The van der Waals surface area contributed by atoms with Crippen LogP contribution in [0.4, 0.5) is 5.69 Å². The summed E-state index contributed by atoms with van der Waals surface area (Å²) >= 11 is 0. The van der Waals surface area contributed by atoms with E-state index in [1.54, 1.807) is 26.6 Å². The van der Waals surface area contributed by atoms with Gasteiger partial charge in [-0.15, -0.1) is 0 Å². The van der Waals surface area contributed by atoms with Gasteiger partial charge in [0.15, 0.2) is 0 Å². The van der Waals surface area contributed by atoms with Gasteiger partial charge in [0.05, 0.1) is 29.3 Å². The fraction of sp³-hybridized carbons (Fsp3) is 0.320. The topological polar surface area (TPSA) is 105 Å². The lowest BCUT2D eigenvalue weighted by Gasteiger charge is -2.35. The SMILES string of the molecule is CN(C)CC(=O)N1CCN(C(=O)Cc2cn(-c3ccccc3)nc2-c2ccc([N+](=O)[O-])cc2)CC1. The van der Waals surface area contributed by atoms with Crippen molar-refractivity contribution in [1.29, 1.82) is 0 Å². The van der Waals surface area contributed by atoms with Crippen LogP contribution in [0.5, 0.6) is 0 Å². The van der Waals surface area contributed by atoms with Crippen LogP contribution >= 0.6 is 0 Å². The molecule has 35 heavy (non-hydrogen) atoms. The number of likely N-dealkylation sites (N-methyl/N-ethyl adjacent to an activating group) is 1. The van der Waals surface area contributed by atoms with Crippen molar-refractivity contribution >= 4 is 17.5 Å². The number of hydrogen-bond acceptors (Lipinski definition) is 6. The molecule has 4 rings (SSSR count). The molecule has 0 aliphatic carbocycles. The maximum absolute atomic E-state index is 13.2. The molecule has 0 atom stereocenters. The minimum Gasteiger partial charge on any atom is -0.339 e. The predicted molar refractivity (Wildman–Crippen MR) is 131 cm³/mol. The van der Waals surface area contributed by atoms with E-state index in [-0.39, 0.29) is 23.9 Å². The van der Waals surface area contributed by atoms with E-state index in [1.165, 1.54) is 12.1 Å². The van der Waals surface area contributed by atoms with E-state index >= 15 is 0 Å². The summed E-state index contributed by atoms with van der Waals surface area (Å²) in [5.74, 6) is 0.0205. The van der Waals surface area contributed by atoms with E-state index in [0.717, 1.165) is 11.3 Å². The number of benzene rings is 2. The maximum Gasteiger partial charge on any atom is 0.269 e. The number of carbonyl (C=O) groups excluding carboxylic acids is 2. The van der Waals surface area contributed by atoms with Crippen LogP contribution in [-0.2, 0) is 16.0 Å². The zero-order chi connectivity index (χ0) is 24.9. The Hall–Kier alpha value is -4.05. The van der Waals surface area contributed by atoms with Crippen molar-refractivity contribution in [2.24, 2.45) is 0 Å². The number of nitrogens with zero attached hydrogens (tertiary/aromatic N) is 6. The summed E-state index contributed by atoms with van der Waals surface area (Å²) in [4.78, 5) is 41.5. The van der Waals surface area contributed by atoms with Crippen molar-refractivity contribution in [3.63, 3.8) is 0 Å². The van der Waals surface area contributed by atoms with Gasteiger partial charge in [0.25, 0.3) is 5.69 Å². The molecular weight excluding hydrogens is 448 g/mol. The molecule has 1 aliphatic heterocycles. The molecule has 2 amide bonds. The second-order valence-corrected chi connectivity index (χ2v) is 8.76. The molecule has 10 heteroatoms. The first-order valence-corrected chi connectivity index (χ1v) is 11.4. The van der Waals surface area contributed by atoms with Gasteiger partial charge in [0.1, 0.15) is 0 Å². The Morgan fingerprint density at radius 2 is 1.54 bits per heavy atom. The number of aromatic nitrogens is 2. The number of carbonyl (C=O) groups is 2. The Balaban J connectivity index is 1.53. The van der Waals surface area contributed by atoms with E-state index in [9.17, 15) is 19.7 Å². The Morgan fingerprint density at radius 3 is 2.11 bits per heavy atom. The Labute approximate surface area is 203 Å². The van der Waals surface area contributed by atoms with Crippen molar-refractivity contribution in [3.05, 3.63) is 76.5 Å². The highest BCUT2D eigenvalue weighted by Gasteiger charge is 2.26. The normalized spacial score (nSPS) is 13.8. The molecule has 1 aliphatic rings. The molecule has 1 fully saturated rings. The summed E-state index contributed by atoms with van der Waals surface area (Å²) in [7, 11) is 3.71. The highest BCUT2D eigenvalue weighted by atomic mass is 16.6. The molecule has 1 aromatic heterocycles. The number of nitro groups is 1. The number of non-ortho nitro benzene ring substituents is 1. The maximum atomic E-state index is 13.2. The number of hydrogen-bond donors (Lipinski definition) is 0. The predicted octanol–water partition coefficient (Wildman–Crippen LogP) is 2.22. The van der Waals surface area contributed by atoms with Gasteiger partial charge >= 0.3 is 0 Å². The number of nitro benzene ring substituents is 1. The molecule has 0 radical (unpaired) electrons. The summed E-state index contributed by atoms with van der Waals surface area (Å²) in [6.45, 7) is 2.34. The highest BCUT2D eigenvalue weighted by Crippen LogP contribution is 2.26. The molecule has 0 spiro atoms. The van der Waals surface area contributed by atoms with Gasteiger partial charge in [-0.25, -0.2) is 4.68 Å². The molecule has 2 aromatic carbocycles. The number of para-hydroxylation sites is 1. The molecule has 10 nitrogen and oxygen atoms in total. The Morgan fingerprint density at radius 1 is 0.943 bits per heavy atom.